The van der Waals surface area contributed by atoms with E-state index in [0.29, 0.717) is 11.5 Å². The highest BCUT2D eigenvalue weighted by Crippen LogP contribution is 2.46. The monoisotopic (exact) mass is 533 g/mol. The predicted octanol–water partition coefficient (Wildman–Crippen LogP) is 8.46. The molecular formula is C33H31N3O2S. The molecule has 2 aliphatic rings. The maximum absolute atomic E-state index is 12.4. The maximum Gasteiger partial charge on any atom is 0.337 e. The van der Waals surface area contributed by atoms with E-state index in [4.69, 9.17) is 9.72 Å². The van der Waals surface area contributed by atoms with Crippen LogP contribution >= 0.6 is 11.3 Å². The number of esters is 1. The summed E-state index contributed by atoms with van der Waals surface area (Å²) in [4.78, 5) is 23.3. The zero-order valence-electron chi connectivity index (χ0n) is 22.6. The van der Waals surface area contributed by atoms with Crippen molar-refractivity contribution in [3.8, 4) is 21.8 Å². The van der Waals surface area contributed by atoms with Gasteiger partial charge in [-0.1, -0.05) is 43.5 Å². The van der Waals surface area contributed by atoms with Gasteiger partial charge in [-0.15, -0.1) is 11.3 Å². The Hall–Kier alpha value is -3.77. The van der Waals surface area contributed by atoms with Crippen LogP contribution in [0.5, 0.6) is 0 Å². The number of benzene rings is 2. The van der Waals surface area contributed by atoms with E-state index in [2.05, 4.69) is 59.0 Å². The molecule has 5 aromatic rings. The van der Waals surface area contributed by atoms with Crippen molar-refractivity contribution >= 4 is 45.2 Å². The second-order valence-electron chi connectivity index (χ2n) is 10.8. The number of hydrogen-bond donors (Lipinski definition) is 0. The number of aromatic nitrogens is 3. The zero-order valence-corrected chi connectivity index (χ0v) is 23.4. The number of nitrogens with zero attached hydrogens (tertiary/aromatic N) is 3. The zero-order chi connectivity index (χ0) is 26.7. The van der Waals surface area contributed by atoms with Crippen LogP contribution in [0.3, 0.4) is 0 Å². The van der Waals surface area contributed by atoms with Gasteiger partial charge in [-0.25, -0.2) is 14.8 Å². The van der Waals surface area contributed by atoms with Crippen molar-refractivity contribution in [2.45, 2.75) is 58.4 Å². The van der Waals surface area contributed by atoms with Crippen LogP contribution in [-0.2, 0) is 11.3 Å². The van der Waals surface area contributed by atoms with Crippen LogP contribution < -0.4 is 0 Å². The van der Waals surface area contributed by atoms with Gasteiger partial charge in [0.05, 0.1) is 45.2 Å². The minimum atomic E-state index is -0.296. The molecule has 1 aliphatic carbocycles. The second kappa shape index (κ2) is 9.45. The van der Waals surface area contributed by atoms with Crippen molar-refractivity contribution in [2.75, 3.05) is 7.11 Å². The lowest BCUT2D eigenvalue weighted by molar-refractivity contribution is 0.0601. The summed E-state index contributed by atoms with van der Waals surface area (Å²) in [6.45, 7) is 4.86. The molecule has 0 radical (unpaired) electrons. The van der Waals surface area contributed by atoms with E-state index < -0.39 is 0 Å². The largest absolute Gasteiger partial charge is 0.465 e. The Balaban J connectivity index is 1.46. The highest BCUT2D eigenvalue weighted by molar-refractivity contribution is 7.15. The lowest BCUT2D eigenvalue weighted by Crippen LogP contribution is -2.07. The summed E-state index contributed by atoms with van der Waals surface area (Å²) in [5, 5.41) is 3.46. The van der Waals surface area contributed by atoms with Gasteiger partial charge in [-0.3, -0.25) is 0 Å². The SMILES string of the molecule is COC(=O)c1ccc2c(C3CCCCC3)c3n(c2c1)CC=Cc1cc2nc(-c4sc(C)nc4C)ccc2cc1-3. The smallest absolute Gasteiger partial charge is 0.337 e. The summed E-state index contributed by atoms with van der Waals surface area (Å²) >= 11 is 1.70. The third-order valence-electron chi connectivity index (χ3n) is 8.38. The molecule has 2 aromatic carbocycles. The molecule has 39 heavy (non-hydrogen) atoms. The molecule has 0 N–H and O–H groups in total. The Bertz CT molecular complexity index is 1800. The number of carbonyl (C=O) groups excluding carboxylic acids is 1. The maximum atomic E-state index is 12.4. The van der Waals surface area contributed by atoms with Crippen molar-refractivity contribution < 1.29 is 9.53 Å². The molecule has 1 aliphatic heterocycles. The molecule has 0 unspecified atom stereocenters. The number of hydrogen-bond acceptors (Lipinski definition) is 5. The summed E-state index contributed by atoms with van der Waals surface area (Å²) in [6.07, 6.45) is 10.7. The summed E-state index contributed by atoms with van der Waals surface area (Å²) in [5.74, 6) is 0.219. The first-order valence-corrected chi connectivity index (χ1v) is 14.6. The Morgan fingerprint density at radius 1 is 1.03 bits per heavy atom. The lowest BCUT2D eigenvalue weighted by Gasteiger charge is -2.24. The number of thiazole rings is 1. The van der Waals surface area contributed by atoms with E-state index in [-0.39, 0.29) is 5.97 Å². The third kappa shape index (κ3) is 4.00. The fourth-order valence-corrected chi connectivity index (χ4v) is 7.51. The van der Waals surface area contributed by atoms with Gasteiger partial charge in [0.1, 0.15) is 0 Å². The van der Waals surface area contributed by atoms with Crippen molar-refractivity contribution in [2.24, 2.45) is 0 Å². The van der Waals surface area contributed by atoms with Gasteiger partial charge < -0.3 is 9.30 Å². The number of rotatable bonds is 3. The van der Waals surface area contributed by atoms with Crippen LogP contribution in [0.4, 0.5) is 0 Å². The molecule has 5 nitrogen and oxygen atoms in total. The molecule has 4 heterocycles. The predicted molar refractivity (Wildman–Crippen MR) is 159 cm³/mol. The summed E-state index contributed by atoms with van der Waals surface area (Å²) < 4.78 is 7.47. The van der Waals surface area contributed by atoms with Crippen LogP contribution in [0.1, 0.15) is 70.2 Å². The van der Waals surface area contributed by atoms with Crippen LogP contribution in [-0.4, -0.2) is 27.6 Å². The molecule has 0 atom stereocenters. The number of ether oxygens (including phenoxy) is 1. The van der Waals surface area contributed by atoms with Gasteiger partial charge in [0.15, 0.2) is 0 Å². The van der Waals surface area contributed by atoms with Gasteiger partial charge in [0.25, 0.3) is 0 Å². The van der Waals surface area contributed by atoms with E-state index in [1.165, 1.54) is 67.0 Å². The number of pyridine rings is 1. The molecule has 0 spiro atoms. The highest BCUT2D eigenvalue weighted by atomic mass is 32.1. The first kappa shape index (κ1) is 24.3. The number of methoxy groups -OCH3 is 1. The average Bonchev–Trinajstić information content (AvgIpc) is 3.40. The summed E-state index contributed by atoms with van der Waals surface area (Å²) in [5.41, 5.74) is 9.88. The topological polar surface area (TPSA) is 57.0 Å². The third-order valence-corrected chi connectivity index (χ3v) is 9.47. The van der Waals surface area contributed by atoms with E-state index in [9.17, 15) is 4.79 Å². The van der Waals surface area contributed by atoms with E-state index in [0.717, 1.165) is 44.2 Å². The van der Waals surface area contributed by atoms with Gasteiger partial charge in [-0.2, -0.15) is 0 Å². The van der Waals surface area contributed by atoms with Crippen LogP contribution in [0.15, 0.2) is 48.5 Å². The summed E-state index contributed by atoms with van der Waals surface area (Å²) in [6, 6.07) is 15.0. The van der Waals surface area contributed by atoms with Crippen LogP contribution in [0.2, 0.25) is 0 Å². The Morgan fingerprint density at radius 3 is 2.64 bits per heavy atom. The molecule has 3 aromatic heterocycles. The molecule has 6 heteroatoms. The Morgan fingerprint density at radius 2 is 1.87 bits per heavy atom. The van der Waals surface area contributed by atoms with Gasteiger partial charge in [0, 0.05) is 28.4 Å². The molecule has 0 saturated heterocycles. The van der Waals surface area contributed by atoms with Crippen molar-refractivity contribution in [3.63, 3.8) is 0 Å². The van der Waals surface area contributed by atoms with Crippen molar-refractivity contribution in [1.82, 2.24) is 14.5 Å². The van der Waals surface area contributed by atoms with Gasteiger partial charge >= 0.3 is 5.97 Å². The second-order valence-corrected chi connectivity index (χ2v) is 12.0. The molecule has 196 valence electrons. The van der Waals surface area contributed by atoms with Crippen molar-refractivity contribution in [3.05, 3.63) is 75.9 Å². The first-order valence-electron chi connectivity index (χ1n) is 13.8. The van der Waals surface area contributed by atoms with Crippen molar-refractivity contribution in [1.29, 1.82) is 0 Å². The first-order chi connectivity index (χ1) is 19.0. The van der Waals surface area contributed by atoms with Crippen LogP contribution in [0.25, 0.3) is 49.7 Å². The lowest BCUT2D eigenvalue weighted by atomic mass is 9.81. The number of allylic oxidation sites excluding steroid dienone is 1. The minimum Gasteiger partial charge on any atom is -0.465 e. The quantitative estimate of drug-likeness (QED) is 0.218. The number of aryl methyl sites for hydroxylation is 2. The molecule has 1 fully saturated rings. The van der Waals surface area contributed by atoms with E-state index >= 15 is 0 Å². The standard InChI is InChI=1S/C33H31N3O2S/c1-19-32(39-20(2)34-19)27-14-12-23-16-26-22(17-28(23)35-27)10-7-15-36-29-18-24(33(37)38-3)11-13-25(29)30(31(26)36)21-8-5-4-6-9-21/h7,10-14,16-18,21H,4-6,8-9,15H2,1-3H3. The highest BCUT2D eigenvalue weighted by Gasteiger charge is 2.28. The van der Waals surface area contributed by atoms with Gasteiger partial charge in [0.2, 0.25) is 0 Å². The Labute approximate surface area is 232 Å². The number of carbonyl (C=O) groups is 1. The van der Waals surface area contributed by atoms with E-state index in [1.807, 2.05) is 19.1 Å². The normalized spacial score (nSPS) is 15.4. The number of fused-ring (bicyclic) bond motifs is 6. The van der Waals surface area contributed by atoms with Gasteiger partial charge in [-0.05, 0) is 74.1 Å². The molecule has 1 saturated carbocycles. The summed E-state index contributed by atoms with van der Waals surface area (Å²) in [7, 11) is 1.44. The fourth-order valence-electron chi connectivity index (χ4n) is 6.62. The van der Waals surface area contributed by atoms with E-state index in [1.54, 1.807) is 11.3 Å². The minimum absolute atomic E-state index is 0.296. The molecule has 0 bridgehead atoms. The molecule has 7 rings (SSSR count). The molecule has 0 amide bonds. The average molecular weight is 534 g/mol. The Kier molecular flexibility index (Phi) is 5.89. The molecular weight excluding hydrogens is 502 g/mol. The fraction of sp³-hybridized carbons (Fsp3) is 0.303. The van der Waals surface area contributed by atoms with Crippen LogP contribution in [0, 0.1) is 13.8 Å².